The van der Waals surface area contributed by atoms with Crippen LogP contribution in [0.25, 0.3) is 0 Å². The summed E-state index contributed by atoms with van der Waals surface area (Å²) >= 11 is 6.16. The van der Waals surface area contributed by atoms with Crippen LogP contribution in [0.4, 0.5) is 0 Å². The van der Waals surface area contributed by atoms with Gasteiger partial charge < -0.3 is 4.74 Å². The van der Waals surface area contributed by atoms with Crippen molar-refractivity contribution in [2.75, 3.05) is 13.2 Å². The first-order valence-electron chi connectivity index (χ1n) is 5.84. The van der Waals surface area contributed by atoms with E-state index in [0.717, 1.165) is 0 Å². The van der Waals surface area contributed by atoms with Gasteiger partial charge in [0, 0.05) is 17.1 Å². The molecule has 0 aliphatic rings. The third-order valence-corrected chi connectivity index (χ3v) is 3.03. The van der Waals surface area contributed by atoms with Crippen LogP contribution in [0.1, 0.15) is 19.4 Å². The minimum Gasteiger partial charge on any atom is -0.464 e. The van der Waals surface area contributed by atoms with Crippen molar-refractivity contribution in [3.63, 3.8) is 0 Å². The van der Waals surface area contributed by atoms with E-state index in [9.17, 15) is 4.79 Å². The number of hydrogen-bond acceptors (Lipinski definition) is 3. The lowest BCUT2D eigenvalue weighted by molar-refractivity contribution is -0.150. The van der Waals surface area contributed by atoms with Crippen molar-refractivity contribution in [3.8, 4) is 0 Å². The van der Waals surface area contributed by atoms with Crippen LogP contribution in [-0.4, -0.2) is 19.1 Å². The fourth-order valence-corrected chi connectivity index (χ4v) is 2.02. The van der Waals surface area contributed by atoms with Crippen LogP contribution in [0.3, 0.4) is 0 Å². The predicted molar refractivity (Wildman–Crippen MR) is 73.6 cm³/mol. The number of ether oxygens (including phenoxy) is 1. The maximum Gasteiger partial charge on any atom is 0.330 e. The molecule has 3 nitrogen and oxygen atoms in total. The second kappa shape index (κ2) is 6.57. The van der Waals surface area contributed by atoms with Crippen LogP contribution in [-0.2, 0) is 15.1 Å². The van der Waals surface area contributed by atoms with Crippen LogP contribution in [0.2, 0.25) is 5.02 Å². The predicted octanol–water partition coefficient (Wildman–Crippen LogP) is 2.89. The maximum absolute atomic E-state index is 12.1. The highest BCUT2D eigenvalue weighted by Crippen LogP contribution is 2.29. The van der Waals surface area contributed by atoms with Gasteiger partial charge in [0.1, 0.15) is 5.54 Å². The molecule has 0 saturated carbocycles. The Morgan fingerprint density at radius 1 is 1.56 bits per heavy atom. The molecule has 0 aromatic heterocycles. The number of carbonyl (C=O) groups excluding carboxylic acids is 1. The largest absolute Gasteiger partial charge is 0.464 e. The molecular formula is C14H18ClNO2. The fraction of sp³-hybridized carbons (Fsp3) is 0.357. The van der Waals surface area contributed by atoms with Crippen LogP contribution in [0.5, 0.6) is 0 Å². The van der Waals surface area contributed by atoms with Crippen molar-refractivity contribution in [3.05, 3.63) is 47.5 Å². The lowest BCUT2D eigenvalue weighted by atomic mass is 9.92. The number of rotatable bonds is 6. The number of halogens is 1. The molecule has 0 aliphatic carbocycles. The molecule has 0 bridgehead atoms. The molecule has 0 aliphatic heterocycles. The Morgan fingerprint density at radius 3 is 2.78 bits per heavy atom. The van der Waals surface area contributed by atoms with Gasteiger partial charge in [0.25, 0.3) is 0 Å². The molecule has 0 radical (unpaired) electrons. The van der Waals surface area contributed by atoms with Crippen molar-refractivity contribution >= 4 is 17.6 Å². The van der Waals surface area contributed by atoms with Crippen molar-refractivity contribution < 1.29 is 9.53 Å². The van der Waals surface area contributed by atoms with Gasteiger partial charge in [-0.3, -0.25) is 5.32 Å². The van der Waals surface area contributed by atoms with Gasteiger partial charge >= 0.3 is 5.97 Å². The molecule has 18 heavy (non-hydrogen) atoms. The zero-order valence-corrected chi connectivity index (χ0v) is 11.5. The van der Waals surface area contributed by atoms with Crippen molar-refractivity contribution in [1.82, 2.24) is 5.32 Å². The smallest absolute Gasteiger partial charge is 0.330 e. The van der Waals surface area contributed by atoms with E-state index < -0.39 is 5.54 Å². The van der Waals surface area contributed by atoms with E-state index in [2.05, 4.69) is 11.9 Å². The summed E-state index contributed by atoms with van der Waals surface area (Å²) in [5.74, 6) is -0.347. The average molecular weight is 268 g/mol. The molecule has 1 N–H and O–H groups in total. The highest BCUT2D eigenvalue weighted by Gasteiger charge is 2.37. The number of carbonyl (C=O) groups is 1. The Morgan fingerprint density at radius 2 is 2.22 bits per heavy atom. The maximum atomic E-state index is 12.1. The third-order valence-electron chi connectivity index (χ3n) is 2.70. The third kappa shape index (κ3) is 3.12. The molecule has 0 heterocycles. The van der Waals surface area contributed by atoms with E-state index in [-0.39, 0.29) is 5.97 Å². The van der Waals surface area contributed by atoms with E-state index in [1.165, 1.54) is 0 Å². The molecule has 0 amide bonds. The normalized spacial score (nSPS) is 13.7. The zero-order valence-electron chi connectivity index (χ0n) is 10.7. The summed E-state index contributed by atoms with van der Waals surface area (Å²) in [6.07, 6.45) is 1.69. The minimum atomic E-state index is -0.970. The second-order valence-electron chi connectivity index (χ2n) is 3.99. The number of benzene rings is 1. The molecular weight excluding hydrogens is 250 g/mol. The standard InChI is InChI=1S/C14H18ClNO2/c1-4-10-16-14(3,13(17)18-5-2)11-8-6-7-9-12(11)15/h4,6-9,16H,1,5,10H2,2-3H3. The Bertz CT molecular complexity index is 434. The SMILES string of the molecule is C=CCNC(C)(C(=O)OCC)c1ccccc1Cl. The molecule has 0 saturated heterocycles. The summed E-state index contributed by atoms with van der Waals surface area (Å²) in [7, 11) is 0. The topological polar surface area (TPSA) is 38.3 Å². The van der Waals surface area contributed by atoms with Crippen LogP contribution in [0, 0.1) is 0 Å². The first kappa shape index (κ1) is 14.7. The van der Waals surface area contributed by atoms with Gasteiger partial charge in [-0.1, -0.05) is 35.9 Å². The van der Waals surface area contributed by atoms with Gasteiger partial charge in [-0.2, -0.15) is 0 Å². The monoisotopic (exact) mass is 267 g/mol. The van der Waals surface area contributed by atoms with E-state index >= 15 is 0 Å². The molecule has 1 rings (SSSR count). The highest BCUT2D eigenvalue weighted by molar-refractivity contribution is 6.31. The first-order valence-corrected chi connectivity index (χ1v) is 6.22. The number of hydrogen-bond donors (Lipinski definition) is 1. The fourth-order valence-electron chi connectivity index (χ4n) is 1.70. The average Bonchev–Trinajstić information content (AvgIpc) is 2.36. The number of nitrogens with one attached hydrogen (secondary N) is 1. The summed E-state index contributed by atoms with van der Waals surface area (Å²) < 4.78 is 5.12. The van der Waals surface area contributed by atoms with Crippen molar-refractivity contribution in [2.24, 2.45) is 0 Å². The van der Waals surface area contributed by atoms with Crippen molar-refractivity contribution in [1.29, 1.82) is 0 Å². The summed E-state index contributed by atoms with van der Waals surface area (Å²) in [6.45, 7) is 7.99. The van der Waals surface area contributed by atoms with Gasteiger partial charge in [0.15, 0.2) is 0 Å². The van der Waals surface area contributed by atoms with Gasteiger partial charge in [-0.05, 0) is 19.9 Å². The number of esters is 1. The van der Waals surface area contributed by atoms with E-state index in [4.69, 9.17) is 16.3 Å². The van der Waals surface area contributed by atoms with E-state index in [1.54, 1.807) is 26.0 Å². The van der Waals surface area contributed by atoms with Gasteiger partial charge in [0.2, 0.25) is 0 Å². The summed E-state index contributed by atoms with van der Waals surface area (Å²) in [5, 5.41) is 3.64. The van der Waals surface area contributed by atoms with E-state index in [0.29, 0.717) is 23.7 Å². The summed E-state index contributed by atoms with van der Waals surface area (Å²) in [4.78, 5) is 12.1. The van der Waals surface area contributed by atoms with Crippen LogP contribution >= 0.6 is 11.6 Å². The molecule has 1 aromatic rings. The molecule has 1 aromatic carbocycles. The quantitative estimate of drug-likeness (QED) is 0.636. The molecule has 0 spiro atoms. The molecule has 1 unspecified atom stereocenters. The zero-order chi connectivity index (χ0) is 13.6. The molecule has 1 atom stereocenters. The first-order chi connectivity index (χ1) is 8.56. The summed E-state index contributed by atoms with van der Waals surface area (Å²) in [6, 6.07) is 7.23. The molecule has 98 valence electrons. The lowest BCUT2D eigenvalue weighted by Crippen LogP contribution is -2.48. The minimum absolute atomic E-state index is 0.328. The highest BCUT2D eigenvalue weighted by atomic mass is 35.5. The van der Waals surface area contributed by atoms with Crippen LogP contribution < -0.4 is 5.32 Å². The van der Waals surface area contributed by atoms with Gasteiger partial charge in [0.05, 0.1) is 6.61 Å². The van der Waals surface area contributed by atoms with Gasteiger partial charge in [-0.15, -0.1) is 6.58 Å². The Balaban J connectivity index is 3.15. The molecule has 0 fully saturated rings. The summed E-state index contributed by atoms with van der Waals surface area (Å²) in [5.41, 5.74) is -0.269. The second-order valence-corrected chi connectivity index (χ2v) is 4.40. The van der Waals surface area contributed by atoms with Crippen LogP contribution in [0.15, 0.2) is 36.9 Å². The van der Waals surface area contributed by atoms with Crippen molar-refractivity contribution in [2.45, 2.75) is 19.4 Å². The lowest BCUT2D eigenvalue weighted by Gasteiger charge is -2.29. The molecule has 4 heteroatoms. The van der Waals surface area contributed by atoms with Gasteiger partial charge in [-0.25, -0.2) is 4.79 Å². The van der Waals surface area contributed by atoms with E-state index in [1.807, 2.05) is 18.2 Å². The Labute approximate surface area is 113 Å². The Kier molecular flexibility index (Phi) is 5.38. The Hall–Kier alpha value is -1.32.